The van der Waals surface area contributed by atoms with Gasteiger partial charge in [-0.2, -0.15) is 0 Å². The standard InChI is InChI=1S/C80H148O17P2/c1-6-10-13-16-19-22-25-28-31-32-33-34-37-40-43-46-49-56-61-65-79(84)96-75(69-90-77(82)63-58-53-47-44-41-38-35-29-26-23-20-17-14-11-7-2)71-94-98(86,87)92-67-74(81)68-93-99(88,89)95-72-76(70-91-78(83)64-59-54-51-50-52-57-62-73(5)9-4)97-80(85)66-60-55-48-45-42-39-36-30-27-24-21-18-15-12-8-3/h23-24,26-27,29-30,35-36,73-76,81H,6-22,25,28,31-34,37-72H2,1-5H3,(H,86,87)(H,88,89)/b26-23-,27-24-,35-29-,36-30-/t73?,74-,75-,76-/m1/s1. The Morgan fingerprint density at radius 1 is 0.323 bits per heavy atom. The Kier molecular flexibility index (Phi) is 69.8. The molecule has 0 fully saturated rings. The van der Waals surface area contributed by atoms with E-state index in [0.29, 0.717) is 25.7 Å². The molecular formula is C80H148O17P2. The van der Waals surface area contributed by atoms with Gasteiger partial charge in [-0.15, -0.1) is 0 Å². The smallest absolute Gasteiger partial charge is 0.462 e. The molecule has 0 aromatic rings. The number of allylic oxidation sites excluding steroid dienone is 8. The second kappa shape index (κ2) is 72.0. The number of ether oxygens (including phenoxy) is 4. The van der Waals surface area contributed by atoms with Gasteiger partial charge in [-0.25, -0.2) is 9.13 Å². The van der Waals surface area contributed by atoms with Crippen LogP contribution < -0.4 is 0 Å². The van der Waals surface area contributed by atoms with E-state index in [0.717, 1.165) is 134 Å². The zero-order valence-corrected chi connectivity index (χ0v) is 65.4. The predicted molar refractivity (Wildman–Crippen MR) is 404 cm³/mol. The highest BCUT2D eigenvalue weighted by molar-refractivity contribution is 7.47. The highest BCUT2D eigenvalue weighted by Gasteiger charge is 2.30. The molecule has 19 heteroatoms. The maximum Gasteiger partial charge on any atom is 0.472 e. The van der Waals surface area contributed by atoms with Crippen molar-refractivity contribution in [2.75, 3.05) is 39.6 Å². The van der Waals surface area contributed by atoms with Crippen molar-refractivity contribution in [2.24, 2.45) is 5.92 Å². The number of esters is 4. The second-order valence-corrected chi connectivity index (χ2v) is 30.6. The predicted octanol–water partition coefficient (Wildman–Crippen LogP) is 23.1. The summed E-state index contributed by atoms with van der Waals surface area (Å²) in [5, 5.41) is 10.6. The lowest BCUT2D eigenvalue weighted by molar-refractivity contribution is -0.161. The van der Waals surface area contributed by atoms with Gasteiger partial charge in [0, 0.05) is 25.7 Å². The Morgan fingerprint density at radius 3 is 0.859 bits per heavy atom. The van der Waals surface area contributed by atoms with Crippen LogP contribution in [0.5, 0.6) is 0 Å². The molecule has 0 saturated heterocycles. The lowest BCUT2D eigenvalue weighted by Gasteiger charge is -2.21. The van der Waals surface area contributed by atoms with Crippen molar-refractivity contribution in [3.05, 3.63) is 48.6 Å². The van der Waals surface area contributed by atoms with Gasteiger partial charge in [-0.05, 0) is 83.0 Å². The van der Waals surface area contributed by atoms with Crippen molar-refractivity contribution in [1.82, 2.24) is 0 Å². The summed E-state index contributed by atoms with van der Waals surface area (Å²) in [5.74, 6) is -1.45. The molecule has 580 valence electrons. The number of aliphatic hydroxyl groups excluding tert-OH is 1. The SMILES string of the molecule is CCCCCC/C=C\C=C/CCCCCCCC(=O)OC[C@H](COP(=O)(O)OC[C@@H](O)COP(=O)(O)OC[C@@H](COC(=O)CCCCCCCCC(C)CC)OC(=O)CCCCCCC/C=C\C=C/CCCCCC)OC(=O)CCCCCCCCCCCCCCCCCCCCC. The number of unbranched alkanes of at least 4 members (excludes halogenated alkanes) is 41. The third-order valence-corrected chi connectivity index (χ3v) is 19.8. The number of aliphatic hydroxyl groups is 1. The Hall–Kier alpha value is -2.98. The molecule has 0 bridgehead atoms. The molecule has 99 heavy (non-hydrogen) atoms. The Bertz CT molecular complexity index is 2080. The number of carbonyl (C=O) groups excluding carboxylic acids is 4. The van der Waals surface area contributed by atoms with Crippen LogP contribution in [0.3, 0.4) is 0 Å². The van der Waals surface area contributed by atoms with E-state index in [-0.39, 0.29) is 25.7 Å². The molecule has 0 rings (SSSR count). The second-order valence-electron chi connectivity index (χ2n) is 27.7. The molecule has 0 saturated carbocycles. The minimum absolute atomic E-state index is 0.0820. The number of hydrogen-bond donors (Lipinski definition) is 3. The van der Waals surface area contributed by atoms with E-state index < -0.39 is 97.5 Å². The van der Waals surface area contributed by atoms with E-state index in [9.17, 15) is 43.2 Å². The minimum Gasteiger partial charge on any atom is -0.462 e. The number of phosphoric acid groups is 2. The first-order valence-corrected chi connectivity index (χ1v) is 43.3. The normalized spacial score (nSPS) is 14.5. The van der Waals surface area contributed by atoms with E-state index in [2.05, 4.69) is 83.2 Å². The molecule has 0 aliphatic heterocycles. The maximum atomic E-state index is 13.1. The molecule has 0 aromatic heterocycles. The monoisotopic (exact) mass is 1440 g/mol. The highest BCUT2D eigenvalue weighted by atomic mass is 31.2. The number of hydrogen-bond acceptors (Lipinski definition) is 15. The Morgan fingerprint density at radius 2 is 0.566 bits per heavy atom. The fourth-order valence-corrected chi connectivity index (χ4v) is 12.9. The van der Waals surface area contributed by atoms with Crippen LogP contribution in [0.4, 0.5) is 0 Å². The number of phosphoric ester groups is 2. The largest absolute Gasteiger partial charge is 0.472 e. The molecule has 0 spiro atoms. The van der Waals surface area contributed by atoms with Gasteiger partial charge in [-0.3, -0.25) is 37.3 Å². The third-order valence-electron chi connectivity index (χ3n) is 17.9. The summed E-state index contributed by atoms with van der Waals surface area (Å²) in [6.45, 7) is 7.14. The summed E-state index contributed by atoms with van der Waals surface area (Å²) in [4.78, 5) is 72.9. The van der Waals surface area contributed by atoms with Crippen LogP contribution in [-0.2, 0) is 65.4 Å². The summed E-state index contributed by atoms with van der Waals surface area (Å²) in [6.07, 6.45) is 68.3. The molecule has 0 heterocycles. The van der Waals surface area contributed by atoms with E-state index in [1.165, 1.54) is 161 Å². The van der Waals surface area contributed by atoms with Gasteiger partial charge in [0.1, 0.15) is 19.3 Å². The van der Waals surface area contributed by atoms with E-state index in [4.69, 9.17) is 37.0 Å². The number of carbonyl (C=O) groups is 4. The topological polar surface area (TPSA) is 237 Å². The van der Waals surface area contributed by atoms with Crippen molar-refractivity contribution < 1.29 is 80.2 Å². The first-order chi connectivity index (χ1) is 48.1. The van der Waals surface area contributed by atoms with E-state index in [1.54, 1.807) is 0 Å². The molecule has 0 aliphatic carbocycles. The van der Waals surface area contributed by atoms with Crippen LogP contribution in [0.25, 0.3) is 0 Å². The molecule has 6 atom stereocenters. The molecule has 0 aromatic carbocycles. The van der Waals surface area contributed by atoms with Gasteiger partial charge >= 0.3 is 39.5 Å². The van der Waals surface area contributed by atoms with Crippen molar-refractivity contribution in [1.29, 1.82) is 0 Å². The molecule has 3 unspecified atom stereocenters. The van der Waals surface area contributed by atoms with Gasteiger partial charge in [0.05, 0.1) is 26.4 Å². The van der Waals surface area contributed by atoms with E-state index >= 15 is 0 Å². The average molecular weight is 1440 g/mol. The lowest BCUT2D eigenvalue weighted by Crippen LogP contribution is -2.30. The Balaban J connectivity index is 5.31. The van der Waals surface area contributed by atoms with Crippen LogP contribution in [0, 0.1) is 5.92 Å². The van der Waals surface area contributed by atoms with Gasteiger partial charge in [-0.1, -0.05) is 321 Å². The van der Waals surface area contributed by atoms with Crippen LogP contribution in [0.1, 0.15) is 375 Å². The van der Waals surface area contributed by atoms with Crippen LogP contribution >= 0.6 is 15.6 Å². The summed E-state index contributed by atoms with van der Waals surface area (Å²) in [6, 6.07) is 0. The number of rotatable bonds is 76. The molecule has 17 nitrogen and oxygen atoms in total. The molecule has 3 N–H and O–H groups in total. The summed E-state index contributed by atoms with van der Waals surface area (Å²) in [7, 11) is -9.94. The van der Waals surface area contributed by atoms with Crippen LogP contribution in [-0.4, -0.2) is 96.7 Å². The molecule has 0 aliphatic rings. The minimum atomic E-state index is -4.97. The van der Waals surface area contributed by atoms with Crippen molar-refractivity contribution in [2.45, 2.75) is 393 Å². The third kappa shape index (κ3) is 71.8. The van der Waals surface area contributed by atoms with Crippen molar-refractivity contribution in [3.8, 4) is 0 Å². The zero-order valence-electron chi connectivity index (χ0n) is 63.6. The van der Waals surface area contributed by atoms with Gasteiger partial charge in [0.15, 0.2) is 12.2 Å². The van der Waals surface area contributed by atoms with Crippen molar-refractivity contribution in [3.63, 3.8) is 0 Å². The van der Waals surface area contributed by atoms with Gasteiger partial charge in [0.25, 0.3) is 0 Å². The molecule has 0 amide bonds. The zero-order chi connectivity index (χ0) is 72.7. The van der Waals surface area contributed by atoms with Gasteiger partial charge in [0.2, 0.25) is 0 Å². The first kappa shape index (κ1) is 96.0. The fraction of sp³-hybridized carbons (Fsp3) is 0.850. The fourth-order valence-electron chi connectivity index (χ4n) is 11.3. The molecular weight excluding hydrogens is 1290 g/mol. The summed E-state index contributed by atoms with van der Waals surface area (Å²) >= 11 is 0. The van der Waals surface area contributed by atoms with E-state index in [1.807, 2.05) is 0 Å². The quantitative estimate of drug-likeness (QED) is 0.0169. The van der Waals surface area contributed by atoms with Gasteiger partial charge < -0.3 is 33.8 Å². The average Bonchev–Trinajstić information content (AvgIpc) is 1.10. The Labute approximate surface area is 604 Å². The summed E-state index contributed by atoms with van der Waals surface area (Å²) in [5.41, 5.74) is 0. The first-order valence-electron chi connectivity index (χ1n) is 40.3. The molecule has 0 radical (unpaired) electrons. The maximum absolute atomic E-state index is 13.1. The van der Waals surface area contributed by atoms with Crippen LogP contribution in [0.15, 0.2) is 48.6 Å². The lowest BCUT2D eigenvalue weighted by atomic mass is 10.00. The van der Waals surface area contributed by atoms with Crippen molar-refractivity contribution >= 4 is 39.5 Å². The van der Waals surface area contributed by atoms with Crippen LogP contribution in [0.2, 0.25) is 0 Å². The summed E-state index contributed by atoms with van der Waals surface area (Å²) < 4.78 is 68.6. The highest BCUT2D eigenvalue weighted by Crippen LogP contribution is 2.45.